The molecule has 0 saturated heterocycles. The smallest absolute Gasteiger partial charge is 0.251 e. The van der Waals surface area contributed by atoms with Crippen molar-refractivity contribution in [1.29, 1.82) is 0 Å². The lowest BCUT2D eigenvalue weighted by Crippen LogP contribution is -2.04. The van der Waals surface area contributed by atoms with Crippen LogP contribution in [0.3, 0.4) is 0 Å². The zero-order valence-electron chi connectivity index (χ0n) is 9.25. The van der Waals surface area contributed by atoms with E-state index in [9.17, 15) is 0 Å². The molecular weight excluding hydrogens is 218 g/mol. The molecule has 1 unspecified atom stereocenters. The van der Waals surface area contributed by atoms with Gasteiger partial charge in [-0.2, -0.15) is 0 Å². The average Bonchev–Trinajstić information content (AvgIpc) is 2.95. The number of fused-ring (bicyclic) bond motifs is 1. The summed E-state index contributed by atoms with van der Waals surface area (Å²) in [5, 5.41) is 8.82. The maximum Gasteiger partial charge on any atom is 0.251 e. The van der Waals surface area contributed by atoms with Gasteiger partial charge in [0.05, 0.1) is 11.6 Å². The summed E-state index contributed by atoms with van der Waals surface area (Å²) in [4.78, 5) is 0. The third-order valence-corrected chi connectivity index (χ3v) is 2.54. The molecule has 0 aliphatic heterocycles. The summed E-state index contributed by atoms with van der Waals surface area (Å²) in [5.41, 5.74) is 7.26. The summed E-state index contributed by atoms with van der Waals surface area (Å²) in [6.45, 7) is 1.80. The van der Waals surface area contributed by atoms with Crippen LogP contribution in [-0.4, -0.2) is 10.2 Å². The Morgan fingerprint density at radius 1 is 1.24 bits per heavy atom. The van der Waals surface area contributed by atoms with Crippen LogP contribution in [0.2, 0.25) is 0 Å². The summed E-state index contributed by atoms with van der Waals surface area (Å²) in [6, 6.07) is 7.42. The Morgan fingerprint density at radius 2 is 2.06 bits per heavy atom. The van der Waals surface area contributed by atoms with Crippen molar-refractivity contribution >= 4 is 11.0 Å². The lowest BCUT2D eigenvalue weighted by Gasteiger charge is -1.94. The molecule has 3 rings (SSSR count). The molecule has 1 aromatic carbocycles. The second kappa shape index (κ2) is 3.71. The third-order valence-electron chi connectivity index (χ3n) is 2.54. The van der Waals surface area contributed by atoms with Crippen molar-refractivity contribution in [3.8, 4) is 11.5 Å². The first-order valence-corrected chi connectivity index (χ1v) is 5.31. The molecule has 0 aliphatic carbocycles. The first-order chi connectivity index (χ1) is 8.25. The molecule has 5 nitrogen and oxygen atoms in total. The molecule has 0 aliphatic rings. The van der Waals surface area contributed by atoms with Crippen LogP contribution in [0.25, 0.3) is 22.4 Å². The maximum atomic E-state index is 5.67. The molecule has 0 saturated carbocycles. The lowest BCUT2D eigenvalue weighted by molar-refractivity contribution is 0.473. The highest BCUT2D eigenvalue weighted by Crippen LogP contribution is 2.29. The van der Waals surface area contributed by atoms with E-state index in [1.807, 2.05) is 24.3 Å². The number of hydrogen-bond acceptors (Lipinski definition) is 5. The number of rotatable bonds is 2. The van der Waals surface area contributed by atoms with E-state index in [4.69, 9.17) is 14.6 Å². The Kier molecular flexibility index (Phi) is 2.19. The number of nitrogens with zero attached hydrogens (tertiary/aromatic N) is 2. The first kappa shape index (κ1) is 10.0. The van der Waals surface area contributed by atoms with Crippen LogP contribution >= 0.6 is 0 Å². The van der Waals surface area contributed by atoms with E-state index >= 15 is 0 Å². The van der Waals surface area contributed by atoms with Gasteiger partial charge in [0, 0.05) is 5.39 Å². The molecule has 86 valence electrons. The van der Waals surface area contributed by atoms with Crippen LogP contribution in [0.1, 0.15) is 18.9 Å². The van der Waals surface area contributed by atoms with Gasteiger partial charge in [-0.1, -0.05) is 18.2 Å². The van der Waals surface area contributed by atoms with Crippen LogP contribution in [0, 0.1) is 0 Å². The second-order valence-electron chi connectivity index (χ2n) is 3.88. The lowest BCUT2D eigenvalue weighted by atomic mass is 10.2. The standard InChI is InChI=1S/C12H11N3O2/c1-7(13)11-14-15-12(17-11)9-6-16-10-5-3-2-4-8(9)10/h2-7H,13H2,1H3. The number of aromatic nitrogens is 2. The Labute approximate surface area is 97.2 Å². The van der Waals surface area contributed by atoms with Crippen LogP contribution in [0.4, 0.5) is 0 Å². The van der Waals surface area contributed by atoms with E-state index < -0.39 is 0 Å². The van der Waals surface area contributed by atoms with E-state index in [2.05, 4.69) is 10.2 Å². The average molecular weight is 229 g/mol. The SMILES string of the molecule is CC(N)c1nnc(-c2coc3ccccc23)o1. The van der Waals surface area contributed by atoms with E-state index in [1.165, 1.54) is 0 Å². The van der Waals surface area contributed by atoms with Crippen molar-refractivity contribution in [2.45, 2.75) is 13.0 Å². The van der Waals surface area contributed by atoms with Gasteiger partial charge in [-0.15, -0.1) is 10.2 Å². The fourth-order valence-electron chi connectivity index (χ4n) is 1.67. The van der Waals surface area contributed by atoms with Crippen LogP contribution in [0.15, 0.2) is 39.4 Å². The van der Waals surface area contributed by atoms with Crippen molar-refractivity contribution in [2.24, 2.45) is 5.73 Å². The van der Waals surface area contributed by atoms with Crippen molar-refractivity contribution in [2.75, 3.05) is 0 Å². The van der Waals surface area contributed by atoms with Crippen molar-refractivity contribution in [3.63, 3.8) is 0 Å². The molecule has 0 bridgehead atoms. The van der Waals surface area contributed by atoms with Crippen LogP contribution in [-0.2, 0) is 0 Å². The third kappa shape index (κ3) is 1.60. The Morgan fingerprint density at radius 3 is 2.82 bits per heavy atom. The molecule has 0 fully saturated rings. The minimum atomic E-state index is -0.269. The van der Waals surface area contributed by atoms with Gasteiger partial charge in [0.2, 0.25) is 5.89 Å². The summed E-state index contributed by atoms with van der Waals surface area (Å²) < 4.78 is 10.9. The zero-order valence-corrected chi connectivity index (χ0v) is 9.25. The maximum absolute atomic E-state index is 5.67. The minimum Gasteiger partial charge on any atom is -0.463 e. The molecule has 2 N–H and O–H groups in total. The first-order valence-electron chi connectivity index (χ1n) is 5.31. The highest BCUT2D eigenvalue weighted by Gasteiger charge is 2.15. The number of benzene rings is 1. The van der Waals surface area contributed by atoms with Gasteiger partial charge in [-0.05, 0) is 13.0 Å². The van der Waals surface area contributed by atoms with Gasteiger partial charge in [0.1, 0.15) is 11.8 Å². The van der Waals surface area contributed by atoms with Crippen molar-refractivity contribution in [1.82, 2.24) is 10.2 Å². The number of para-hydroxylation sites is 1. The van der Waals surface area contributed by atoms with Gasteiger partial charge in [-0.25, -0.2) is 0 Å². The van der Waals surface area contributed by atoms with Crippen molar-refractivity contribution < 1.29 is 8.83 Å². The molecule has 17 heavy (non-hydrogen) atoms. The molecule has 5 heteroatoms. The largest absolute Gasteiger partial charge is 0.463 e. The number of nitrogens with two attached hydrogens (primary N) is 1. The second-order valence-corrected chi connectivity index (χ2v) is 3.88. The van der Waals surface area contributed by atoms with E-state index in [0.29, 0.717) is 11.8 Å². The number of furan rings is 1. The molecule has 0 radical (unpaired) electrons. The monoisotopic (exact) mass is 229 g/mol. The molecular formula is C12H11N3O2. The highest BCUT2D eigenvalue weighted by molar-refractivity contribution is 5.91. The predicted octanol–water partition coefficient (Wildman–Crippen LogP) is 2.50. The molecule has 3 aromatic rings. The Hall–Kier alpha value is -2.14. The molecule has 0 amide bonds. The van der Waals surface area contributed by atoms with Gasteiger partial charge in [0.25, 0.3) is 5.89 Å². The van der Waals surface area contributed by atoms with E-state index in [0.717, 1.165) is 16.5 Å². The molecule has 2 aromatic heterocycles. The summed E-state index contributed by atoms with van der Waals surface area (Å²) in [6.07, 6.45) is 1.61. The Balaban J connectivity index is 2.14. The van der Waals surface area contributed by atoms with Crippen LogP contribution < -0.4 is 5.73 Å². The minimum absolute atomic E-state index is 0.269. The fraction of sp³-hybridized carbons (Fsp3) is 0.167. The van der Waals surface area contributed by atoms with Gasteiger partial charge in [-0.3, -0.25) is 0 Å². The fourth-order valence-corrected chi connectivity index (χ4v) is 1.67. The van der Waals surface area contributed by atoms with Crippen LogP contribution in [0.5, 0.6) is 0 Å². The molecule has 2 heterocycles. The number of hydrogen-bond donors (Lipinski definition) is 1. The zero-order chi connectivity index (χ0) is 11.8. The van der Waals surface area contributed by atoms with E-state index in [-0.39, 0.29) is 6.04 Å². The topological polar surface area (TPSA) is 78.1 Å². The summed E-state index contributed by atoms with van der Waals surface area (Å²) in [7, 11) is 0. The normalized spacial score (nSPS) is 13.1. The van der Waals surface area contributed by atoms with Crippen molar-refractivity contribution in [3.05, 3.63) is 36.4 Å². The predicted molar refractivity (Wildman–Crippen MR) is 62.1 cm³/mol. The summed E-state index contributed by atoms with van der Waals surface area (Å²) in [5.74, 6) is 0.854. The quantitative estimate of drug-likeness (QED) is 0.730. The van der Waals surface area contributed by atoms with E-state index in [1.54, 1.807) is 13.2 Å². The Bertz CT molecular complexity index is 654. The summed E-state index contributed by atoms with van der Waals surface area (Å²) >= 11 is 0. The molecule has 1 atom stereocenters. The molecule has 0 spiro atoms. The highest BCUT2D eigenvalue weighted by atomic mass is 16.4. The van der Waals surface area contributed by atoms with Gasteiger partial charge >= 0.3 is 0 Å². The van der Waals surface area contributed by atoms with Gasteiger partial charge < -0.3 is 14.6 Å². The van der Waals surface area contributed by atoms with Gasteiger partial charge in [0.15, 0.2) is 0 Å².